The molecule has 1 aromatic carbocycles. The average molecular weight is 363 g/mol. The van der Waals surface area contributed by atoms with Crippen LogP contribution in [0.5, 0.6) is 0 Å². The first-order chi connectivity index (χ1) is 12.0. The predicted molar refractivity (Wildman–Crippen MR) is 111 cm³/mol. The van der Waals surface area contributed by atoms with Crippen molar-refractivity contribution in [2.75, 3.05) is 4.31 Å². The molecule has 1 fully saturated rings. The molecule has 2 rings (SSSR count). The van der Waals surface area contributed by atoms with Gasteiger partial charge in [0, 0.05) is 6.04 Å². The van der Waals surface area contributed by atoms with Crippen LogP contribution in [-0.4, -0.2) is 12.1 Å². The van der Waals surface area contributed by atoms with E-state index in [1.165, 1.54) is 36.0 Å². The van der Waals surface area contributed by atoms with Gasteiger partial charge in [0.25, 0.3) is 0 Å². The molecule has 0 spiro atoms. The van der Waals surface area contributed by atoms with Crippen molar-refractivity contribution in [3.8, 4) is 0 Å². The Labute approximate surface area is 159 Å². The summed E-state index contributed by atoms with van der Waals surface area (Å²) in [6.45, 7) is 8.79. The van der Waals surface area contributed by atoms with Crippen LogP contribution in [0.2, 0.25) is 0 Å². The Bertz CT molecular complexity index is 554. The highest BCUT2D eigenvalue weighted by molar-refractivity contribution is 7.82. The van der Waals surface area contributed by atoms with Crippen molar-refractivity contribution in [3.05, 3.63) is 28.8 Å². The lowest BCUT2D eigenvalue weighted by molar-refractivity contribution is 0.242. The van der Waals surface area contributed by atoms with Crippen LogP contribution in [0.25, 0.3) is 0 Å². The molecule has 3 nitrogen and oxygen atoms in total. The number of hydrogen-bond acceptors (Lipinski definition) is 2. The van der Waals surface area contributed by atoms with Crippen molar-refractivity contribution >= 4 is 24.5 Å². The van der Waals surface area contributed by atoms with Crippen LogP contribution in [-0.2, 0) is 19.3 Å². The Kier molecular flexibility index (Phi) is 7.67. The molecule has 0 bridgehead atoms. The van der Waals surface area contributed by atoms with Crippen molar-refractivity contribution in [2.45, 2.75) is 85.1 Å². The van der Waals surface area contributed by atoms with Crippen molar-refractivity contribution in [2.24, 2.45) is 5.92 Å². The molecule has 1 aliphatic carbocycles. The van der Waals surface area contributed by atoms with Gasteiger partial charge in [0.2, 0.25) is 0 Å². The second-order valence-corrected chi connectivity index (χ2v) is 8.06. The minimum Gasteiger partial charge on any atom is -0.334 e. The van der Waals surface area contributed by atoms with Crippen molar-refractivity contribution in [1.82, 2.24) is 5.32 Å². The van der Waals surface area contributed by atoms with Crippen LogP contribution in [0.1, 0.15) is 76.5 Å². The fraction of sp³-hybridized carbons (Fsp3) is 0.667. The molecule has 0 unspecified atom stereocenters. The van der Waals surface area contributed by atoms with Gasteiger partial charge in [-0.1, -0.05) is 71.9 Å². The first kappa shape index (κ1) is 20.2. The molecule has 0 saturated heterocycles. The van der Waals surface area contributed by atoms with Crippen LogP contribution in [0.4, 0.5) is 10.5 Å². The predicted octanol–water partition coefficient (Wildman–Crippen LogP) is 5.70. The molecule has 0 aromatic heterocycles. The molecule has 0 aliphatic heterocycles. The second kappa shape index (κ2) is 9.51. The zero-order valence-corrected chi connectivity index (χ0v) is 17.2. The van der Waals surface area contributed by atoms with Crippen LogP contribution >= 0.6 is 12.8 Å². The standard InChI is InChI=1S/C21H34N2OS/c1-5-17-13-16(12-15(3)4)14-18(6-2)20(17)23(25)21(24)22-19-10-8-7-9-11-19/h13-15,19,25H,5-12H2,1-4H3,(H,22,24). The van der Waals surface area contributed by atoms with Gasteiger partial charge >= 0.3 is 6.03 Å². The lowest BCUT2D eigenvalue weighted by atomic mass is 9.94. The molecule has 0 radical (unpaired) electrons. The third kappa shape index (κ3) is 5.40. The fourth-order valence-corrected chi connectivity index (χ4v) is 4.13. The number of benzene rings is 1. The number of thiol groups is 1. The van der Waals surface area contributed by atoms with Crippen LogP contribution in [0, 0.1) is 5.92 Å². The molecule has 140 valence electrons. The molecular weight excluding hydrogens is 328 g/mol. The number of carbonyl (C=O) groups is 1. The Balaban J connectivity index is 2.23. The van der Waals surface area contributed by atoms with Gasteiger partial charge in [-0.15, -0.1) is 0 Å². The highest BCUT2D eigenvalue weighted by Crippen LogP contribution is 2.31. The number of anilines is 1. The third-order valence-electron chi connectivity index (χ3n) is 5.07. The van der Waals surface area contributed by atoms with E-state index >= 15 is 0 Å². The zero-order chi connectivity index (χ0) is 18.4. The molecule has 4 heteroatoms. The number of nitrogens with one attached hydrogen (secondary N) is 1. The van der Waals surface area contributed by atoms with Gasteiger partial charge in [-0.3, -0.25) is 0 Å². The van der Waals surface area contributed by atoms with Crippen molar-refractivity contribution in [3.63, 3.8) is 0 Å². The van der Waals surface area contributed by atoms with E-state index in [1.807, 2.05) is 0 Å². The van der Waals surface area contributed by atoms with Gasteiger partial charge in [0.15, 0.2) is 0 Å². The van der Waals surface area contributed by atoms with E-state index < -0.39 is 0 Å². The number of urea groups is 1. The van der Waals surface area contributed by atoms with Gasteiger partial charge in [0.05, 0.1) is 5.69 Å². The quantitative estimate of drug-likeness (QED) is 0.625. The van der Waals surface area contributed by atoms with Crippen LogP contribution in [0.15, 0.2) is 12.1 Å². The minimum atomic E-state index is -0.0868. The first-order valence-electron chi connectivity index (χ1n) is 9.90. The fourth-order valence-electron chi connectivity index (χ4n) is 3.82. The SMILES string of the molecule is CCc1cc(CC(C)C)cc(CC)c1N(S)C(=O)NC1CCCCC1. The van der Waals surface area contributed by atoms with Gasteiger partial charge in [-0.25, -0.2) is 9.10 Å². The Morgan fingerprint density at radius 2 is 1.72 bits per heavy atom. The number of amides is 2. The normalized spacial score (nSPS) is 15.4. The summed E-state index contributed by atoms with van der Waals surface area (Å²) in [4.78, 5) is 12.7. The maximum Gasteiger partial charge on any atom is 0.332 e. The van der Waals surface area contributed by atoms with Gasteiger partial charge in [-0.05, 0) is 54.7 Å². The molecule has 0 atom stereocenters. The lowest BCUT2D eigenvalue weighted by Crippen LogP contribution is -2.42. The van der Waals surface area contributed by atoms with Gasteiger partial charge < -0.3 is 5.32 Å². The summed E-state index contributed by atoms with van der Waals surface area (Å²) in [5, 5.41) is 3.18. The number of carbonyl (C=O) groups excluding carboxylic acids is 1. The summed E-state index contributed by atoms with van der Waals surface area (Å²) in [6, 6.07) is 4.72. The van der Waals surface area contributed by atoms with Gasteiger partial charge in [-0.2, -0.15) is 0 Å². The van der Waals surface area contributed by atoms with E-state index in [4.69, 9.17) is 0 Å². The molecule has 0 heterocycles. The smallest absolute Gasteiger partial charge is 0.332 e. The Morgan fingerprint density at radius 1 is 1.16 bits per heavy atom. The third-order valence-corrected chi connectivity index (χ3v) is 5.45. The number of rotatable bonds is 6. The molecule has 25 heavy (non-hydrogen) atoms. The Morgan fingerprint density at radius 3 is 2.20 bits per heavy atom. The maximum absolute atomic E-state index is 12.7. The highest BCUT2D eigenvalue weighted by Gasteiger charge is 2.23. The molecule has 1 N–H and O–H groups in total. The van der Waals surface area contributed by atoms with Crippen LogP contribution in [0.3, 0.4) is 0 Å². The largest absolute Gasteiger partial charge is 0.334 e. The number of hydrogen-bond donors (Lipinski definition) is 2. The number of aryl methyl sites for hydroxylation is 2. The second-order valence-electron chi connectivity index (χ2n) is 7.66. The number of nitrogens with zero attached hydrogens (tertiary/aromatic N) is 1. The first-order valence-corrected chi connectivity index (χ1v) is 10.3. The Hall–Kier alpha value is -1.16. The maximum atomic E-state index is 12.7. The molecule has 1 aliphatic rings. The molecular formula is C21H34N2OS. The van der Waals surface area contributed by atoms with Crippen LogP contribution < -0.4 is 9.62 Å². The monoisotopic (exact) mass is 362 g/mol. The topological polar surface area (TPSA) is 32.3 Å². The molecule has 2 amide bonds. The highest BCUT2D eigenvalue weighted by atomic mass is 32.1. The summed E-state index contributed by atoms with van der Waals surface area (Å²) in [5.41, 5.74) is 4.77. The van der Waals surface area contributed by atoms with E-state index in [2.05, 4.69) is 58.0 Å². The summed E-state index contributed by atoms with van der Waals surface area (Å²) in [5.74, 6) is 0.627. The summed E-state index contributed by atoms with van der Waals surface area (Å²) in [7, 11) is 0. The molecule has 1 saturated carbocycles. The summed E-state index contributed by atoms with van der Waals surface area (Å²) >= 11 is 4.59. The molecule has 1 aromatic rings. The average Bonchev–Trinajstić information content (AvgIpc) is 2.60. The van der Waals surface area contributed by atoms with Crippen molar-refractivity contribution < 1.29 is 4.79 Å². The van der Waals surface area contributed by atoms with E-state index in [0.29, 0.717) is 12.0 Å². The zero-order valence-electron chi connectivity index (χ0n) is 16.3. The van der Waals surface area contributed by atoms with E-state index in [9.17, 15) is 4.79 Å². The van der Waals surface area contributed by atoms with Gasteiger partial charge in [0.1, 0.15) is 0 Å². The minimum absolute atomic E-state index is 0.0868. The van der Waals surface area contributed by atoms with Crippen molar-refractivity contribution in [1.29, 1.82) is 0 Å². The summed E-state index contributed by atoms with van der Waals surface area (Å²) in [6.07, 6.45) is 8.76. The summed E-state index contributed by atoms with van der Waals surface area (Å²) < 4.78 is 1.55. The lowest BCUT2D eigenvalue weighted by Gasteiger charge is -2.28. The van der Waals surface area contributed by atoms with E-state index in [1.54, 1.807) is 4.31 Å². The van der Waals surface area contributed by atoms with E-state index in [0.717, 1.165) is 37.8 Å². The van der Waals surface area contributed by atoms with E-state index in [-0.39, 0.29) is 6.03 Å².